The monoisotopic (exact) mass is 378 g/mol. The molecule has 0 aromatic carbocycles. The summed E-state index contributed by atoms with van der Waals surface area (Å²) in [5.74, 6) is -1.32. The number of hydrogen-bond donors (Lipinski definition) is 2. The maximum absolute atomic E-state index is 12.0. The van der Waals surface area contributed by atoms with Crippen LogP contribution in [0.2, 0.25) is 0 Å². The molecule has 11 heteroatoms. The molecule has 2 rings (SSSR count). The Balaban J connectivity index is 2.06. The second-order valence-corrected chi connectivity index (χ2v) is 6.49. The summed E-state index contributed by atoms with van der Waals surface area (Å²) in [7, 11) is -2.18. The average molecular weight is 379 g/mol. The molecule has 0 bridgehead atoms. The van der Waals surface area contributed by atoms with Crippen LogP contribution in [0.3, 0.4) is 0 Å². The van der Waals surface area contributed by atoms with Crippen LogP contribution in [0.1, 0.15) is 16.4 Å². The lowest BCUT2D eigenvalue weighted by Gasteiger charge is -2.03. The Morgan fingerprint density at radius 3 is 2.81 bits per heavy atom. The van der Waals surface area contributed by atoms with Crippen molar-refractivity contribution in [3.8, 4) is 0 Å². The van der Waals surface area contributed by atoms with E-state index < -0.39 is 21.8 Å². The molecule has 2 aromatic rings. The zero-order chi connectivity index (χ0) is 15.6. The zero-order valence-electron chi connectivity index (χ0n) is 10.8. The van der Waals surface area contributed by atoms with Crippen LogP contribution >= 0.6 is 15.9 Å². The summed E-state index contributed by atoms with van der Waals surface area (Å²) in [6.45, 7) is 0.0758. The van der Waals surface area contributed by atoms with Crippen molar-refractivity contribution >= 4 is 31.9 Å². The summed E-state index contributed by atoms with van der Waals surface area (Å²) >= 11 is 2.88. The third kappa shape index (κ3) is 3.68. The van der Waals surface area contributed by atoms with Crippen LogP contribution in [0.15, 0.2) is 26.4 Å². The van der Waals surface area contributed by atoms with Crippen molar-refractivity contribution in [1.82, 2.24) is 19.5 Å². The van der Waals surface area contributed by atoms with E-state index in [1.165, 1.54) is 11.0 Å². The van der Waals surface area contributed by atoms with Crippen LogP contribution in [0, 0.1) is 0 Å². The standard InChI is InChI=1S/C10H11BrN4O5S/c1-15-5-12-8(14-15)2-3-13-21(18,19)7-4-6(10(16)17)20-9(7)11/h4-5,13H,2-3H2,1H3,(H,16,17). The first-order valence-corrected chi connectivity index (χ1v) is 7.94. The number of carbonyl (C=O) groups is 1. The van der Waals surface area contributed by atoms with E-state index in [1.54, 1.807) is 7.05 Å². The first kappa shape index (κ1) is 15.7. The molecule has 9 nitrogen and oxygen atoms in total. The highest BCUT2D eigenvalue weighted by atomic mass is 79.9. The van der Waals surface area contributed by atoms with E-state index in [9.17, 15) is 13.2 Å². The molecule has 0 aliphatic carbocycles. The quantitative estimate of drug-likeness (QED) is 0.743. The van der Waals surface area contributed by atoms with Crippen molar-refractivity contribution < 1.29 is 22.7 Å². The number of hydrogen-bond acceptors (Lipinski definition) is 6. The van der Waals surface area contributed by atoms with Crippen LogP contribution in [0.4, 0.5) is 0 Å². The van der Waals surface area contributed by atoms with Gasteiger partial charge in [-0.1, -0.05) is 0 Å². The fourth-order valence-corrected chi connectivity index (χ4v) is 3.48. The molecular formula is C10H11BrN4O5S. The van der Waals surface area contributed by atoms with E-state index in [-0.39, 0.29) is 16.1 Å². The maximum atomic E-state index is 12.0. The summed E-state index contributed by atoms with van der Waals surface area (Å²) < 4.78 is 32.6. The van der Waals surface area contributed by atoms with E-state index in [2.05, 4.69) is 30.7 Å². The third-order valence-electron chi connectivity index (χ3n) is 2.44. The molecule has 0 saturated carbocycles. The topological polar surface area (TPSA) is 127 Å². The second kappa shape index (κ2) is 5.95. The van der Waals surface area contributed by atoms with Gasteiger partial charge in [-0.2, -0.15) is 5.10 Å². The highest BCUT2D eigenvalue weighted by molar-refractivity contribution is 9.10. The molecule has 0 amide bonds. The van der Waals surface area contributed by atoms with Crippen molar-refractivity contribution in [2.24, 2.45) is 7.05 Å². The summed E-state index contributed by atoms with van der Waals surface area (Å²) in [5, 5.41) is 12.8. The molecule has 0 aliphatic rings. The van der Waals surface area contributed by atoms with Gasteiger partial charge in [-0.25, -0.2) is 22.9 Å². The van der Waals surface area contributed by atoms with Gasteiger partial charge in [0.25, 0.3) is 0 Å². The Morgan fingerprint density at radius 1 is 1.57 bits per heavy atom. The molecule has 0 spiro atoms. The molecule has 114 valence electrons. The number of aromatic carboxylic acids is 1. The number of furan rings is 1. The number of aromatic nitrogens is 3. The van der Waals surface area contributed by atoms with Gasteiger partial charge in [0.2, 0.25) is 15.8 Å². The van der Waals surface area contributed by atoms with Crippen LogP contribution in [0.5, 0.6) is 0 Å². The summed E-state index contributed by atoms with van der Waals surface area (Å²) in [5.41, 5.74) is 0. The molecule has 0 aliphatic heterocycles. The first-order chi connectivity index (χ1) is 9.79. The number of sulfonamides is 1. The van der Waals surface area contributed by atoms with Crippen LogP contribution in [0.25, 0.3) is 0 Å². The van der Waals surface area contributed by atoms with Gasteiger partial charge in [-0.3, -0.25) is 4.68 Å². The van der Waals surface area contributed by atoms with Gasteiger partial charge in [0.05, 0.1) is 0 Å². The van der Waals surface area contributed by atoms with Gasteiger partial charge in [-0.15, -0.1) is 0 Å². The highest BCUT2D eigenvalue weighted by Gasteiger charge is 2.24. The molecule has 2 aromatic heterocycles. The van der Waals surface area contributed by atoms with Crippen LogP contribution in [-0.2, 0) is 23.5 Å². The fourth-order valence-electron chi connectivity index (χ4n) is 1.51. The average Bonchev–Trinajstić information content (AvgIpc) is 2.96. The summed E-state index contributed by atoms with van der Waals surface area (Å²) in [6, 6.07) is 0.938. The largest absolute Gasteiger partial charge is 0.475 e. The Kier molecular flexibility index (Phi) is 4.44. The summed E-state index contributed by atoms with van der Waals surface area (Å²) in [6.07, 6.45) is 1.82. The van der Waals surface area contributed by atoms with E-state index in [1.807, 2.05) is 0 Å². The van der Waals surface area contributed by atoms with E-state index in [4.69, 9.17) is 9.52 Å². The van der Waals surface area contributed by atoms with Crippen molar-refractivity contribution in [1.29, 1.82) is 0 Å². The molecule has 0 fully saturated rings. The van der Waals surface area contributed by atoms with Crippen molar-refractivity contribution in [2.45, 2.75) is 11.3 Å². The molecule has 0 atom stereocenters. The Labute approximate surface area is 128 Å². The number of aryl methyl sites for hydroxylation is 1. The van der Waals surface area contributed by atoms with Gasteiger partial charge in [0.1, 0.15) is 11.2 Å². The van der Waals surface area contributed by atoms with Crippen molar-refractivity contribution in [2.75, 3.05) is 6.54 Å². The number of carboxylic acids is 1. The van der Waals surface area contributed by atoms with Crippen LogP contribution in [-0.4, -0.2) is 40.8 Å². The van der Waals surface area contributed by atoms with E-state index in [0.29, 0.717) is 12.2 Å². The van der Waals surface area contributed by atoms with Crippen LogP contribution < -0.4 is 4.72 Å². The Morgan fingerprint density at radius 2 is 2.29 bits per heavy atom. The van der Waals surface area contributed by atoms with E-state index >= 15 is 0 Å². The summed E-state index contributed by atoms with van der Waals surface area (Å²) in [4.78, 5) is 14.4. The normalized spacial score (nSPS) is 11.7. The fraction of sp³-hybridized carbons (Fsp3) is 0.300. The lowest BCUT2D eigenvalue weighted by molar-refractivity contribution is 0.0661. The molecular weight excluding hydrogens is 368 g/mol. The van der Waals surface area contributed by atoms with Gasteiger partial charge in [-0.05, 0) is 15.9 Å². The minimum absolute atomic E-state index is 0.0758. The zero-order valence-corrected chi connectivity index (χ0v) is 13.2. The molecule has 0 saturated heterocycles. The minimum Gasteiger partial charge on any atom is -0.475 e. The predicted octanol–water partition coefficient (Wildman–Crippen LogP) is 0.390. The number of halogens is 1. The SMILES string of the molecule is Cn1cnc(CCNS(=O)(=O)c2cc(C(=O)O)oc2Br)n1. The number of carboxylic acid groups (broad SMARTS) is 1. The molecule has 0 radical (unpaired) electrons. The van der Waals surface area contributed by atoms with E-state index in [0.717, 1.165) is 6.07 Å². The Hall–Kier alpha value is -1.72. The highest BCUT2D eigenvalue weighted by Crippen LogP contribution is 2.25. The van der Waals surface area contributed by atoms with Gasteiger partial charge in [0, 0.05) is 26.1 Å². The van der Waals surface area contributed by atoms with Gasteiger partial charge >= 0.3 is 5.97 Å². The smallest absolute Gasteiger partial charge is 0.371 e. The van der Waals surface area contributed by atoms with Crippen molar-refractivity contribution in [3.63, 3.8) is 0 Å². The number of nitrogens with zero attached hydrogens (tertiary/aromatic N) is 3. The minimum atomic E-state index is -3.88. The maximum Gasteiger partial charge on any atom is 0.371 e. The molecule has 2 heterocycles. The Bertz CT molecular complexity index is 766. The molecule has 0 unspecified atom stereocenters. The number of rotatable bonds is 6. The lowest BCUT2D eigenvalue weighted by Crippen LogP contribution is -2.26. The second-order valence-electron chi connectivity index (χ2n) is 4.04. The molecule has 2 N–H and O–H groups in total. The first-order valence-electron chi connectivity index (χ1n) is 5.66. The van der Waals surface area contributed by atoms with Gasteiger partial charge < -0.3 is 9.52 Å². The third-order valence-corrected chi connectivity index (χ3v) is 4.76. The lowest BCUT2D eigenvalue weighted by atomic mass is 10.4. The predicted molar refractivity (Wildman–Crippen MR) is 73.3 cm³/mol. The number of nitrogens with one attached hydrogen (secondary N) is 1. The van der Waals surface area contributed by atoms with Crippen molar-refractivity contribution in [3.05, 3.63) is 28.6 Å². The van der Waals surface area contributed by atoms with Gasteiger partial charge in [0.15, 0.2) is 10.5 Å². The molecule has 21 heavy (non-hydrogen) atoms.